The lowest BCUT2D eigenvalue weighted by molar-refractivity contribution is -0.158. The van der Waals surface area contributed by atoms with Crippen molar-refractivity contribution >= 4 is 11.9 Å². The van der Waals surface area contributed by atoms with E-state index in [0.717, 1.165) is 0 Å². The highest BCUT2D eigenvalue weighted by molar-refractivity contribution is 6.00. The quantitative estimate of drug-likeness (QED) is 0.725. The molecule has 15 heavy (non-hydrogen) atoms. The molecule has 0 rings (SSSR count). The molecule has 0 aliphatic carbocycles. The standard InChI is InChI=1S/C11H21NO3/c1-7(2)8(3)12(6)9(13)11(4,5)10(14)15/h7-8H,1-6H3,(H,14,15). The van der Waals surface area contributed by atoms with Crippen molar-refractivity contribution in [1.82, 2.24) is 4.90 Å². The Morgan fingerprint density at radius 3 is 1.87 bits per heavy atom. The number of carbonyl (C=O) groups excluding carboxylic acids is 1. The average Bonchev–Trinajstić information content (AvgIpc) is 2.13. The Balaban J connectivity index is 4.80. The lowest BCUT2D eigenvalue weighted by atomic mass is 9.90. The largest absolute Gasteiger partial charge is 0.480 e. The van der Waals surface area contributed by atoms with Crippen LogP contribution in [0.4, 0.5) is 0 Å². The molecular weight excluding hydrogens is 194 g/mol. The molecular formula is C11H21NO3. The van der Waals surface area contributed by atoms with E-state index in [-0.39, 0.29) is 11.9 Å². The summed E-state index contributed by atoms with van der Waals surface area (Å²) in [5, 5.41) is 8.93. The van der Waals surface area contributed by atoms with E-state index in [4.69, 9.17) is 5.11 Å². The van der Waals surface area contributed by atoms with Gasteiger partial charge < -0.3 is 10.0 Å². The summed E-state index contributed by atoms with van der Waals surface area (Å²) in [5.74, 6) is -1.13. The van der Waals surface area contributed by atoms with E-state index >= 15 is 0 Å². The maximum absolute atomic E-state index is 11.9. The smallest absolute Gasteiger partial charge is 0.318 e. The average molecular weight is 215 g/mol. The molecule has 1 amide bonds. The van der Waals surface area contributed by atoms with Crippen LogP contribution in [0.5, 0.6) is 0 Å². The first-order chi connectivity index (χ1) is 6.62. The molecule has 4 heteroatoms. The second-order valence-electron chi connectivity index (χ2n) is 4.83. The summed E-state index contributed by atoms with van der Waals surface area (Å²) < 4.78 is 0. The Hall–Kier alpha value is -1.06. The molecule has 4 nitrogen and oxygen atoms in total. The van der Waals surface area contributed by atoms with Crippen LogP contribution in [-0.4, -0.2) is 35.0 Å². The molecule has 0 saturated carbocycles. The number of rotatable bonds is 4. The second kappa shape index (κ2) is 4.64. The number of carboxylic acids is 1. The zero-order chi connectivity index (χ0) is 12.4. The van der Waals surface area contributed by atoms with E-state index < -0.39 is 11.4 Å². The first-order valence-corrected chi connectivity index (χ1v) is 5.13. The van der Waals surface area contributed by atoms with Gasteiger partial charge in [-0.25, -0.2) is 0 Å². The summed E-state index contributed by atoms with van der Waals surface area (Å²) in [7, 11) is 1.65. The Morgan fingerprint density at radius 1 is 1.20 bits per heavy atom. The van der Waals surface area contributed by atoms with Gasteiger partial charge in [-0.1, -0.05) is 13.8 Å². The Labute approximate surface area is 91.3 Å². The summed E-state index contributed by atoms with van der Waals surface area (Å²) in [6.07, 6.45) is 0. The Bertz CT molecular complexity index is 259. The lowest BCUT2D eigenvalue weighted by Gasteiger charge is -2.32. The van der Waals surface area contributed by atoms with E-state index in [1.54, 1.807) is 7.05 Å². The molecule has 1 atom stereocenters. The molecule has 0 aromatic rings. The molecule has 1 unspecified atom stereocenters. The minimum Gasteiger partial charge on any atom is -0.480 e. The van der Waals surface area contributed by atoms with Gasteiger partial charge in [0.15, 0.2) is 0 Å². The molecule has 0 aliphatic heterocycles. The van der Waals surface area contributed by atoms with Crippen molar-refractivity contribution in [2.45, 2.75) is 40.7 Å². The summed E-state index contributed by atoms with van der Waals surface area (Å²) in [4.78, 5) is 24.3. The van der Waals surface area contributed by atoms with E-state index in [1.807, 2.05) is 20.8 Å². The van der Waals surface area contributed by atoms with Crippen molar-refractivity contribution in [2.24, 2.45) is 11.3 Å². The molecule has 0 spiro atoms. The van der Waals surface area contributed by atoms with E-state index in [1.165, 1.54) is 18.7 Å². The number of nitrogens with zero attached hydrogens (tertiary/aromatic N) is 1. The first-order valence-electron chi connectivity index (χ1n) is 5.13. The molecule has 0 fully saturated rings. The molecule has 0 aromatic carbocycles. The van der Waals surface area contributed by atoms with Gasteiger partial charge in [0.2, 0.25) is 5.91 Å². The van der Waals surface area contributed by atoms with Gasteiger partial charge in [0.25, 0.3) is 0 Å². The van der Waals surface area contributed by atoms with Crippen molar-refractivity contribution in [1.29, 1.82) is 0 Å². The van der Waals surface area contributed by atoms with Gasteiger partial charge in [0.05, 0.1) is 0 Å². The number of hydrogen-bond acceptors (Lipinski definition) is 2. The highest BCUT2D eigenvalue weighted by Crippen LogP contribution is 2.21. The van der Waals surface area contributed by atoms with Gasteiger partial charge >= 0.3 is 5.97 Å². The zero-order valence-corrected chi connectivity index (χ0v) is 10.4. The van der Waals surface area contributed by atoms with E-state index in [2.05, 4.69) is 0 Å². The molecule has 0 aliphatic rings. The van der Waals surface area contributed by atoms with E-state index in [9.17, 15) is 9.59 Å². The number of carbonyl (C=O) groups is 2. The number of carboxylic acid groups (broad SMARTS) is 1. The topological polar surface area (TPSA) is 57.6 Å². The van der Waals surface area contributed by atoms with Gasteiger partial charge in [-0.15, -0.1) is 0 Å². The van der Waals surface area contributed by atoms with Crippen molar-refractivity contribution in [2.75, 3.05) is 7.05 Å². The van der Waals surface area contributed by atoms with Crippen molar-refractivity contribution < 1.29 is 14.7 Å². The van der Waals surface area contributed by atoms with Crippen LogP contribution < -0.4 is 0 Å². The summed E-state index contributed by atoms with van der Waals surface area (Å²) in [6, 6.07) is 0.0381. The maximum Gasteiger partial charge on any atom is 0.318 e. The third-order valence-corrected chi connectivity index (χ3v) is 2.97. The Morgan fingerprint density at radius 2 is 1.60 bits per heavy atom. The van der Waals surface area contributed by atoms with Gasteiger partial charge in [-0.3, -0.25) is 9.59 Å². The third kappa shape index (κ3) is 2.94. The fourth-order valence-corrected chi connectivity index (χ4v) is 1.16. The van der Waals surface area contributed by atoms with Crippen LogP contribution in [0.25, 0.3) is 0 Å². The summed E-state index contributed by atoms with van der Waals surface area (Å²) in [6.45, 7) is 8.79. The Kier molecular flexibility index (Phi) is 4.31. The van der Waals surface area contributed by atoms with Crippen LogP contribution in [0.2, 0.25) is 0 Å². The van der Waals surface area contributed by atoms with Crippen LogP contribution >= 0.6 is 0 Å². The monoisotopic (exact) mass is 215 g/mol. The predicted molar refractivity (Wildman–Crippen MR) is 58.5 cm³/mol. The SMILES string of the molecule is CC(C)C(C)N(C)C(=O)C(C)(C)C(=O)O. The number of aliphatic carboxylic acids is 1. The normalized spacial score (nSPS) is 13.8. The highest BCUT2D eigenvalue weighted by atomic mass is 16.4. The van der Waals surface area contributed by atoms with Crippen molar-refractivity contribution in [3.05, 3.63) is 0 Å². The van der Waals surface area contributed by atoms with Gasteiger partial charge in [-0.2, -0.15) is 0 Å². The minimum atomic E-state index is -1.35. The summed E-state index contributed by atoms with van der Waals surface area (Å²) in [5.41, 5.74) is -1.35. The van der Waals surface area contributed by atoms with Gasteiger partial charge in [0, 0.05) is 13.1 Å². The number of amides is 1. The van der Waals surface area contributed by atoms with Gasteiger partial charge in [-0.05, 0) is 26.7 Å². The molecule has 0 radical (unpaired) electrons. The fourth-order valence-electron chi connectivity index (χ4n) is 1.16. The zero-order valence-electron chi connectivity index (χ0n) is 10.4. The molecule has 0 saturated heterocycles. The molecule has 0 bridgehead atoms. The van der Waals surface area contributed by atoms with E-state index in [0.29, 0.717) is 5.92 Å². The van der Waals surface area contributed by atoms with Crippen molar-refractivity contribution in [3.8, 4) is 0 Å². The highest BCUT2D eigenvalue weighted by Gasteiger charge is 2.39. The third-order valence-electron chi connectivity index (χ3n) is 2.97. The van der Waals surface area contributed by atoms with Crippen LogP contribution in [0.3, 0.4) is 0 Å². The maximum atomic E-state index is 11.9. The second-order valence-corrected chi connectivity index (χ2v) is 4.83. The van der Waals surface area contributed by atoms with Crippen LogP contribution in [0.15, 0.2) is 0 Å². The van der Waals surface area contributed by atoms with Gasteiger partial charge in [0.1, 0.15) is 5.41 Å². The van der Waals surface area contributed by atoms with Crippen molar-refractivity contribution in [3.63, 3.8) is 0 Å². The molecule has 0 heterocycles. The minimum absolute atomic E-state index is 0.0381. The molecule has 1 N–H and O–H groups in total. The molecule has 88 valence electrons. The molecule has 0 aromatic heterocycles. The first kappa shape index (κ1) is 13.9. The summed E-state index contributed by atoms with van der Waals surface area (Å²) >= 11 is 0. The number of hydrogen-bond donors (Lipinski definition) is 1. The fraction of sp³-hybridized carbons (Fsp3) is 0.818. The van der Waals surface area contributed by atoms with Crippen LogP contribution in [0.1, 0.15) is 34.6 Å². The lowest BCUT2D eigenvalue weighted by Crippen LogP contribution is -2.48. The predicted octanol–water partition coefficient (Wildman–Crippen LogP) is 1.60. The van der Waals surface area contributed by atoms with Crippen LogP contribution in [0, 0.1) is 11.3 Å². The van der Waals surface area contributed by atoms with Crippen LogP contribution in [-0.2, 0) is 9.59 Å².